The molecule has 27 heavy (non-hydrogen) atoms. The number of nitrogens with two attached hydrogens (primary N) is 1. The van der Waals surface area contributed by atoms with Gasteiger partial charge in [0.05, 0.1) is 0 Å². The number of hydrogen-bond donors (Lipinski definition) is 4. The van der Waals surface area contributed by atoms with E-state index in [1.165, 1.54) is 25.1 Å². The molecule has 0 aliphatic rings. The minimum Gasteiger partial charge on any atom is -0.504 e. The second kappa shape index (κ2) is 8.52. The van der Waals surface area contributed by atoms with Gasteiger partial charge in [-0.05, 0) is 43.2 Å². The SMILES string of the molecule is Cc1ccccc1OC(=O)COC(=O)[C@](C)(Cc1ccc(O)c(O)c1)NN. The fraction of sp³-hybridized carbons (Fsp3) is 0.263. The maximum Gasteiger partial charge on any atom is 0.349 e. The first-order valence-electron chi connectivity index (χ1n) is 8.17. The van der Waals surface area contributed by atoms with Gasteiger partial charge in [-0.15, -0.1) is 0 Å². The number of para-hydroxylation sites is 1. The third kappa shape index (κ3) is 5.19. The Hall–Kier alpha value is -3.10. The van der Waals surface area contributed by atoms with E-state index in [9.17, 15) is 19.8 Å². The highest BCUT2D eigenvalue weighted by molar-refractivity contribution is 5.84. The van der Waals surface area contributed by atoms with Gasteiger partial charge >= 0.3 is 11.9 Å². The van der Waals surface area contributed by atoms with E-state index in [1.54, 1.807) is 25.1 Å². The summed E-state index contributed by atoms with van der Waals surface area (Å²) in [6.45, 7) is 2.70. The van der Waals surface area contributed by atoms with Gasteiger partial charge < -0.3 is 19.7 Å². The lowest BCUT2D eigenvalue weighted by Gasteiger charge is -2.26. The molecular weight excluding hydrogens is 352 g/mol. The van der Waals surface area contributed by atoms with E-state index in [2.05, 4.69) is 5.43 Å². The number of aromatic hydroxyl groups is 2. The Labute approximate surface area is 156 Å². The second-order valence-corrected chi connectivity index (χ2v) is 6.29. The second-order valence-electron chi connectivity index (χ2n) is 6.29. The molecule has 0 fully saturated rings. The minimum atomic E-state index is -1.35. The van der Waals surface area contributed by atoms with Gasteiger partial charge in [0.25, 0.3) is 0 Å². The average Bonchev–Trinajstić information content (AvgIpc) is 2.64. The third-order valence-corrected chi connectivity index (χ3v) is 4.01. The molecular formula is C19H22N2O6. The highest BCUT2D eigenvalue weighted by atomic mass is 16.6. The number of rotatable bonds is 7. The summed E-state index contributed by atoms with van der Waals surface area (Å²) in [7, 11) is 0. The first-order chi connectivity index (χ1) is 12.7. The summed E-state index contributed by atoms with van der Waals surface area (Å²) >= 11 is 0. The number of carbonyl (C=O) groups is 2. The highest BCUT2D eigenvalue weighted by Gasteiger charge is 2.35. The van der Waals surface area contributed by atoms with Gasteiger partial charge in [0.1, 0.15) is 11.3 Å². The van der Waals surface area contributed by atoms with Gasteiger partial charge in [0, 0.05) is 6.42 Å². The first kappa shape index (κ1) is 20.2. The maximum atomic E-state index is 12.4. The lowest BCUT2D eigenvalue weighted by atomic mass is 9.93. The molecule has 0 aliphatic carbocycles. The largest absolute Gasteiger partial charge is 0.504 e. The number of nitrogens with one attached hydrogen (secondary N) is 1. The van der Waals surface area contributed by atoms with Crippen molar-refractivity contribution in [1.29, 1.82) is 0 Å². The van der Waals surface area contributed by atoms with Crippen molar-refractivity contribution in [2.45, 2.75) is 25.8 Å². The molecule has 0 amide bonds. The molecule has 0 saturated heterocycles. The summed E-state index contributed by atoms with van der Waals surface area (Å²) in [5.41, 5.74) is 2.33. The Kier molecular flexibility index (Phi) is 6.38. The number of hydrogen-bond acceptors (Lipinski definition) is 8. The molecule has 8 nitrogen and oxygen atoms in total. The van der Waals surface area contributed by atoms with Crippen LogP contribution in [0.5, 0.6) is 17.2 Å². The van der Waals surface area contributed by atoms with Gasteiger partial charge in [-0.1, -0.05) is 24.3 Å². The molecule has 5 N–H and O–H groups in total. The normalized spacial score (nSPS) is 12.9. The van der Waals surface area contributed by atoms with E-state index in [4.69, 9.17) is 15.3 Å². The van der Waals surface area contributed by atoms with Crippen LogP contribution in [0.3, 0.4) is 0 Å². The Morgan fingerprint density at radius 1 is 1.15 bits per heavy atom. The molecule has 2 aromatic carbocycles. The van der Waals surface area contributed by atoms with Crippen LogP contribution in [0.2, 0.25) is 0 Å². The van der Waals surface area contributed by atoms with Crippen molar-refractivity contribution < 1.29 is 29.3 Å². The molecule has 8 heteroatoms. The Morgan fingerprint density at radius 2 is 1.85 bits per heavy atom. The number of carbonyl (C=O) groups excluding carboxylic acids is 2. The van der Waals surface area contributed by atoms with Crippen LogP contribution in [0.4, 0.5) is 0 Å². The smallest absolute Gasteiger partial charge is 0.349 e. The molecule has 144 valence electrons. The third-order valence-electron chi connectivity index (χ3n) is 4.01. The van der Waals surface area contributed by atoms with Crippen molar-refractivity contribution >= 4 is 11.9 Å². The van der Waals surface area contributed by atoms with Crippen molar-refractivity contribution in [2.24, 2.45) is 5.84 Å². The molecule has 1 atom stereocenters. The molecule has 0 aliphatic heterocycles. The Morgan fingerprint density at radius 3 is 2.48 bits per heavy atom. The lowest BCUT2D eigenvalue weighted by Crippen LogP contribution is -2.55. The predicted molar refractivity (Wildman–Crippen MR) is 97.0 cm³/mol. The molecule has 0 saturated carbocycles. The summed E-state index contributed by atoms with van der Waals surface area (Å²) in [5.74, 6) is 3.80. The number of benzene rings is 2. The van der Waals surface area contributed by atoms with E-state index in [0.29, 0.717) is 11.3 Å². The number of hydrazine groups is 1. The van der Waals surface area contributed by atoms with E-state index >= 15 is 0 Å². The van der Waals surface area contributed by atoms with Crippen molar-refractivity contribution in [2.75, 3.05) is 6.61 Å². The molecule has 0 unspecified atom stereocenters. The topological polar surface area (TPSA) is 131 Å². The fourth-order valence-electron chi connectivity index (χ4n) is 2.38. The molecule has 0 radical (unpaired) electrons. The van der Waals surface area contributed by atoms with Crippen LogP contribution in [0.1, 0.15) is 18.1 Å². The monoisotopic (exact) mass is 374 g/mol. The first-order valence-corrected chi connectivity index (χ1v) is 8.17. The van der Waals surface area contributed by atoms with Crippen LogP contribution >= 0.6 is 0 Å². The number of ether oxygens (including phenoxy) is 2. The standard InChI is InChI=1S/C19H22N2O6/c1-12-5-3-4-6-16(12)27-17(24)11-26-18(25)19(2,21-20)10-13-7-8-14(22)15(23)9-13/h3-9,21-23H,10-11,20H2,1-2H3/t19-/m0/s1. The van der Waals surface area contributed by atoms with E-state index in [-0.39, 0.29) is 17.9 Å². The lowest BCUT2D eigenvalue weighted by molar-refractivity contribution is -0.158. The van der Waals surface area contributed by atoms with Crippen LogP contribution in [-0.4, -0.2) is 34.3 Å². The maximum absolute atomic E-state index is 12.4. The number of esters is 2. The zero-order valence-electron chi connectivity index (χ0n) is 15.1. The summed E-state index contributed by atoms with van der Waals surface area (Å²) in [6.07, 6.45) is 0.0585. The highest BCUT2D eigenvalue weighted by Crippen LogP contribution is 2.27. The molecule has 2 rings (SSSR count). The van der Waals surface area contributed by atoms with Crippen LogP contribution in [0, 0.1) is 6.92 Å². The zero-order chi connectivity index (χ0) is 20.0. The van der Waals surface area contributed by atoms with Crippen LogP contribution in [0.15, 0.2) is 42.5 Å². The average molecular weight is 374 g/mol. The van der Waals surface area contributed by atoms with Crippen molar-refractivity contribution in [3.05, 3.63) is 53.6 Å². The summed E-state index contributed by atoms with van der Waals surface area (Å²) in [5, 5.41) is 18.9. The zero-order valence-corrected chi connectivity index (χ0v) is 15.1. The van der Waals surface area contributed by atoms with E-state index in [0.717, 1.165) is 5.56 Å². The summed E-state index contributed by atoms with van der Waals surface area (Å²) in [6, 6.07) is 11.1. The quantitative estimate of drug-likeness (QED) is 0.188. The van der Waals surface area contributed by atoms with Crippen LogP contribution < -0.4 is 16.0 Å². The van der Waals surface area contributed by atoms with Crippen molar-refractivity contribution in [3.63, 3.8) is 0 Å². The predicted octanol–water partition coefficient (Wildman–Crippen LogP) is 1.32. The number of aryl methyl sites for hydroxylation is 1. The molecule has 2 aromatic rings. The minimum absolute atomic E-state index is 0.0585. The molecule has 0 spiro atoms. The van der Waals surface area contributed by atoms with E-state index in [1.807, 2.05) is 6.07 Å². The van der Waals surface area contributed by atoms with Crippen molar-refractivity contribution in [3.8, 4) is 17.2 Å². The molecule has 0 aromatic heterocycles. The van der Waals surface area contributed by atoms with Gasteiger partial charge in [-0.25, -0.2) is 15.0 Å². The van der Waals surface area contributed by atoms with Crippen molar-refractivity contribution in [1.82, 2.24) is 5.43 Å². The van der Waals surface area contributed by atoms with E-state index < -0.39 is 24.1 Å². The van der Waals surface area contributed by atoms with Gasteiger partial charge in [-0.2, -0.15) is 0 Å². The summed E-state index contributed by atoms with van der Waals surface area (Å²) < 4.78 is 10.2. The number of phenolic OH excluding ortho intramolecular Hbond substituents is 2. The molecule has 0 heterocycles. The van der Waals surface area contributed by atoms with Gasteiger partial charge in [0.2, 0.25) is 0 Å². The van der Waals surface area contributed by atoms with Crippen LogP contribution in [0.25, 0.3) is 0 Å². The van der Waals surface area contributed by atoms with Crippen LogP contribution in [-0.2, 0) is 20.7 Å². The fourth-order valence-corrected chi connectivity index (χ4v) is 2.38. The Balaban J connectivity index is 1.98. The molecule has 0 bridgehead atoms. The Bertz CT molecular complexity index is 839. The number of phenols is 2. The summed E-state index contributed by atoms with van der Waals surface area (Å²) in [4.78, 5) is 24.3. The van der Waals surface area contributed by atoms with Gasteiger partial charge in [0.15, 0.2) is 18.1 Å². The van der Waals surface area contributed by atoms with Gasteiger partial charge in [-0.3, -0.25) is 5.84 Å².